The van der Waals surface area contributed by atoms with Gasteiger partial charge in [0.05, 0.1) is 6.61 Å². The molecule has 0 aliphatic carbocycles. The molecule has 0 heterocycles. The third-order valence-corrected chi connectivity index (χ3v) is 5.00. The minimum absolute atomic E-state index is 0.000873. The maximum Gasteiger partial charge on any atom is 0.483 e. The fraction of sp³-hybridized carbons (Fsp3) is 0.750. The molecule has 9 heteroatoms. The van der Waals surface area contributed by atoms with Gasteiger partial charge in [-0.2, -0.15) is 4.31 Å². The van der Waals surface area contributed by atoms with E-state index in [0.29, 0.717) is 0 Å². The molecule has 7 nitrogen and oxygen atoms in total. The second kappa shape index (κ2) is 7.44. The minimum Gasteiger partial charge on any atom is -0.290 e. The number of allylic oxidation sites excluding steroid dienone is 1. The van der Waals surface area contributed by atoms with Crippen LogP contribution in [0.5, 0.6) is 0 Å². The molecule has 102 valence electrons. The summed E-state index contributed by atoms with van der Waals surface area (Å²) in [4.78, 5) is 0. The van der Waals surface area contributed by atoms with Crippen LogP contribution in [-0.4, -0.2) is 27.9 Å². The van der Waals surface area contributed by atoms with Gasteiger partial charge in [0.25, 0.3) is 0 Å². The summed E-state index contributed by atoms with van der Waals surface area (Å²) in [5.41, 5.74) is 0.967. The maximum atomic E-state index is 11.9. The lowest BCUT2D eigenvalue weighted by atomic mass is 10.3. The molecule has 0 spiro atoms. The first-order chi connectivity index (χ1) is 7.81. The summed E-state index contributed by atoms with van der Waals surface area (Å²) in [5, 5.41) is 0. The van der Waals surface area contributed by atoms with E-state index in [4.69, 9.17) is 4.52 Å². The molecular formula is C8H18O7P2. The molecule has 0 aromatic carbocycles. The maximum absolute atomic E-state index is 11.9. The molecule has 0 aliphatic rings. The van der Waals surface area contributed by atoms with Crippen LogP contribution >= 0.6 is 15.6 Å². The van der Waals surface area contributed by atoms with Crippen molar-refractivity contribution in [2.75, 3.05) is 27.9 Å². The fourth-order valence-electron chi connectivity index (χ4n) is 0.669. The summed E-state index contributed by atoms with van der Waals surface area (Å²) < 4.78 is 46.5. The molecule has 0 saturated heterocycles. The summed E-state index contributed by atoms with van der Waals surface area (Å²) in [5.74, 6) is 0. The zero-order valence-electron chi connectivity index (χ0n) is 10.5. The van der Waals surface area contributed by atoms with Crippen molar-refractivity contribution in [2.45, 2.75) is 13.8 Å². The molecule has 1 unspecified atom stereocenters. The van der Waals surface area contributed by atoms with Crippen LogP contribution in [0.2, 0.25) is 0 Å². The van der Waals surface area contributed by atoms with E-state index in [1.807, 2.05) is 13.8 Å². The van der Waals surface area contributed by atoms with Crippen molar-refractivity contribution in [2.24, 2.45) is 0 Å². The molecule has 0 fully saturated rings. The molecule has 0 saturated carbocycles. The number of hydrogen-bond acceptors (Lipinski definition) is 7. The lowest BCUT2D eigenvalue weighted by Crippen LogP contribution is -1.99. The largest absolute Gasteiger partial charge is 0.483 e. The second-order valence-corrected chi connectivity index (χ2v) is 6.90. The molecular weight excluding hydrogens is 270 g/mol. The molecule has 0 aromatic rings. The van der Waals surface area contributed by atoms with Gasteiger partial charge in [0, 0.05) is 21.3 Å². The Hall–Kier alpha value is 0.0000000000000000555. The van der Waals surface area contributed by atoms with Crippen LogP contribution in [0.3, 0.4) is 0 Å². The summed E-state index contributed by atoms with van der Waals surface area (Å²) in [7, 11) is -4.58. The predicted molar refractivity (Wildman–Crippen MR) is 62.7 cm³/mol. The topological polar surface area (TPSA) is 80.3 Å². The lowest BCUT2D eigenvalue weighted by Gasteiger charge is -2.19. The standard InChI is InChI=1S/C8H18O7P2/c1-8(2)6-7-14-17(10,13-5)15-16(9,11-3)12-4/h6H,7H2,1-5H3. The highest BCUT2D eigenvalue weighted by atomic mass is 31.3. The Kier molecular flexibility index (Phi) is 7.44. The van der Waals surface area contributed by atoms with Crippen molar-refractivity contribution >= 4 is 15.6 Å². The van der Waals surface area contributed by atoms with Crippen molar-refractivity contribution in [1.29, 1.82) is 0 Å². The molecule has 0 bridgehead atoms. The molecule has 1 atom stereocenters. The first-order valence-corrected chi connectivity index (χ1v) is 7.59. The Labute approximate surface area is 101 Å². The van der Waals surface area contributed by atoms with Crippen LogP contribution < -0.4 is 0 Å². The Bertz CT molecular complexity index is 340. The van der Waals surface area contributed by atoms with E-state index in [2.05, 4.69) is 17.9 Å². The van der Waals surface area contributed by atoms with E-state index in [1.54, 1.807) is 6.08 Å². The number of phosphoric acid groups is 2. The van der Waals surface area contributed by atoms with E-state index in [-0.39, 0.29) is 6.61 Å². The number of rotatable bonds is 8. The number of phosphoric ester groups is 2. The van der Waals surface area contributed by atoms with Crippen molar-refractivity contribution in [3.05, 3.63) is 11.6 Å². The molecule has 0 rings (SSSR count). The van der Waals surface area contributed by atoms with Gasteiger partial charge in [0.1, 0.15) is 0 Å². The van der Waals surface area contributed by atoms with Crippen LogP contribution in [0.25, 0.3) is 0 Å². The van der Waals surface area contributed by atoms with Crippen LogP contribution in [-0.2, 0) is 31.5 Å². The van der Waals surface area contributed by atoms with Crippen LogP contribution in [0, 0.1) is 0 Å². The van der Waals surface area contributed by atoms with Gasteiger partial charge in [0.2, 0.25) is 0 Å². The summed E-state index contributed by atoms with van der Waals surface area (Å²) >= 11 is 0. The van der Waals surface area contributed by atoms with Crippen molar-refractivity contribution in [1.82, 2.24) is 0 Å². The quantitative estimate of drug-likeness (QED) is 0.501. The van der Waals surface area contributed by atoms with Crippen molar-refractivity contribution in [3.63, 3.8) is 0 Å². The van der Waals surface area contributed by atoms with E-state index < -0.39 is 15.6 Å². The summed E-state index contributed by atoms with van der Waals surface area (Å²) in [6.45, 7) is 3.69. The van der Waals surface area contributed by atoms with Crippen molar-refractivity contribution in [3.8, 4) is 0 Å². The molecule has 17 heavy (non-hydrogen) atoms. The SMILES string of the molecule is COP(=O)(OC)OP(=O)(OC)OCC=C(C)C. The number of hydrogen-bond donors (Lipinski definition) is 0. The molecule has 0 N–H and O–H groups in total. The van der Waals surface area contributed by atoms with Gasteiger partial charge in [-0.3, -0.25) is 18.1 Å². The molecule has 0 amide bonds. The summed E-state index contributed by atoms with van der Waals surface area (Å²) in [6, 6.07) is 0. The third-order valence-electron chi connectivity index (χ3n) is 1.60. The Morgan fingerprint density at radius 1 is 1.00 bits per heavy atom. The van der Waals surface area contributed by atoms with Crippen LogP contribution in [0.4, 0.5) is 0 Å². The second-order valence-electron chi connectivity index (χ2n) is 3.10. The smallest absolute Gasteiger partial charge is 0.290 e. The average molecular weight is 288 g/mol. The van der Waals surface area contributed by atoms with Gasteiger partial charge in [-0.1, -0.05) is 11.6 Å². The minimum atomic E-state index is -3.97. The average Bonchev–Trinajstić information content (AvgIpc) is 2.28. The highest BCUT2D eigenvalue weighted by molar-refractivity contribution is 7.62. The first kappa shape index (κ1) is 17.0. The van der Waals surface area contributed by atoms with E-state index in [0.717, 1.165) is 26.9 Å². The molecule has 0 aliphatic heterocycles. The third kappa shape index (κ3) is 6.48. The van der Waals surface area contributed by atoms with Gasteiger partial charge in [0.15, 0.2) is 0 Å². The van der Waals surface area contributed by atoms with Gasteiger partial charge >= 0.3 is 15.6 Å². The van der Waals surface area contributed by atoms with E-state index >= 15 is 0 Å². The Balaban J connectivity index is 4.63. The Morgan fingerprint density at radius 3 is 1.82 bits per heavy atom. The van der Waals surface area contributed by atoms with Crippen LogP contribution in [0.15, 0.2) is 11.6 Å². The highest BCUT2D eigenvalue weighted by Crippen LogP contribution is 2.64. The fourth-order valence-corrected chi connectivity index (χ4v) is 3.15. The lowest BCUT2D eigenvalue weighted by molar-refractivity contribution is 0.150. The van der Waals surface area contributed by atoms with Gasteiger partial charge in [-0.05, 0) is 13.8 Å². The molecule has 0 aromatic heterocycles. The summed E-state index contributed by atoms with van der Waals surface area (Å²) in [6.07, 6.45) is 1.67. The first-order valence-electron chi connectivity index (χ1n) is 4.67. The normalized spacial score (nSPS) is 15.4. The predicted octanol–water partition coefficient (Wildman–Crippen LogP) is 3.14. The highest BCUT2D eigenvalue weighted by Gasteiger charge is 2.38. The zero-order valence-corrected chi connectivity index (χ0v) is 12.3. The Morgan fingerprint density at radius 2 is 1.47 bits per heavy atom. The van der Waals surface area contributed by atoms with E-state index in [9.17, 15) is 9.13 Å². The van der Waals surface area contributed by atoms with Gasteiger partial charge in [-0.15, -0.1) is 0 Å². The molecule has 0 radical (unpaired) electrons. The zero-order chi connectivity index (χ0) is 13.5. The monoisotopic (exact) mass is 288 g/mol. The van der Waals surface area contributed by atoms with Gasteiger partial charge in [-0.25, -0.2) is 9.13 Å². The van der Waals surface area contributed by atoms with E-state index in [1.165, 1.54) is 0 Å². The van der Waals surface area contributed by atoms with Crippen molar-refractivity contribution < 1.29 is 31.5 Å². The van der Waals surface area contributed by atoms with Gasteiger partial charge < -0.3 is 0 Å². The van der Waals surface area contributed by atoms with Crippen LogP contribution in [0.1, 0.15) is 13.8 Å².